The summed E-state index contributed by atoms with van der Waals surface area (Å²) in [4.78, 5) is 14.0. The van der Waals surface area contributed by atoms with Gasteiger partial charge in [0.05, 0.1) is 11.1 Å². The third-order valence-electron chi connectivity index (χ3n) is 6.18. The number of nitrogens with one attached hydrogen (secondary N) is 2. The summed E-state index contributed by atoms with van der Waals surface area (Å²) >= 11 is 0. The monoisotopic (exact) mass is 493 g/mol. The Kier molecular flexibility index (Phi) is 6.36. The zero-order valence-corrected chi connectivity index (χ0v) is 20.0. The molecule has 0 amide bonds. The van der Waals surface area contributed by atoms with Crippen LogP contribution in [-0.2, 0) is 6.18 Å². The van der Waals surface area contributed by atoms with E-state index in [1.54, 1.807) is 12.2 Å². The lowest BCUT2D eigenvalue weighted by molar-refractivity contribution is -0.137. The largest absolute Gasteiger partial charge is 0.416 e. The van der Waals surface area contributed by atoms with Crippen molar-refractivity contribution in [3.8, 4) is 0 Å². The van der Waals surface area contributed by atoms with E-state index in [0.717, 1.165) is 60.6 Å². The number of hydrogen-bond donors (Lipinski definition) is 2. The molecule has 7 nitrogen and oxygen atoms in total. The van der Waals surface area contributed by atoms with Crippen LogP contribution in [0.3, 0.4) is 0 Å². The number of piperazine rings is 1. The molecule has 0 radical (unpaired) electrons. The van der Waals surface area contributed by atoms with Crippen LogP contribution in [-0.4, -0.2) is 58.3 Å². The minimum Gasteiger partial charge on any atom is -0.369 e. The molecular weight excluding hydrogens is 467 g/mol. The first kappa shape index (κ1) is 23.8. The van der Waals surface area contributed by atoms with Crippen molar-refractivity contribution >= 4 is 40.4 Å². The van der Waals surface area contributed by atoms with Gasteiger partial charge in [0.15, 0.2) is 11.6 Å². The molecule has 186 valence electrons. The minimum absolute atomic E-state index is 0.438. The first-order chi connectivity index (χ1) is 17.2. The van der Waals surface area contributed by atoms with Gasteiger partial charge in [-0.15, -0.1) is 0 Å². The van der Waals surface area contributed by atoms with E-state index in [4.69, 9.17) is 4.98 Å². The van der Waals surface area contributed by atoms with Crippen molar-refractivity contribution in [1.82, 2.24) is 25.1 Å². The Labute approximate surface area is 206 Å². The predicted octanol–water partition coefficient (Wildman–Crippen LogP) is 5.35. The molecule has 0 spiro atoms. The van der Waals surface area contributed by atoms with Gasteiger partial charge in [-0.3, -0.25) is 5.10 Å². The zero-order chi connectivity index (χ0) is 25.3. The highest BCUT2D eigenvalue weighted by Gasteiger charge is 2.29. The zero-order valence-electron chi connectivity index (χ0n) is 20.0. The van der Waals surface area contributed by atoms with Gasteiger partial charge in [0.2, 0.25) is 0 Å². The van der Waals surface area contributed by atoms with Crippen LogP contribution in [0.4, 0.5) is 30.5 Å². The minimum atomic E-state index is -4.36. The maximum Gasteiger partial charge on any atom is 0.416 e. The van der Waals surface area contributed by atoms with Gasteiger partial charge < -0.3 is 15.1 Å². The summed E-state index contributed by atoms with van der Waals surface area (Å²) in [6.07, 6.45) is -0.962. The number of alkyl halides is 3. The summed E-state index contributed by atoms with van der Waals surface area (Å²) in [5.74, 6) is 1.67. The lowest BCUT2D eigenvalue weighted by Crippen LogP contribution is -2.44. The molecule has 10 heteroatoms. The Hall–Kier alpha value is -3.92. The molecule has 0 bridgehead atoms. The number of aromatic nitrogens is 4. The lowest BCUT2D eigenvalue weighted by Gasteiger charge is -2.34. The quantitative estimate of drug-likeness (QED) is 0.391. The average Bonchev–Trinajstić information content (AvgIpc) is 3.27. The van der Waals surface area contributed by atoms with E-state index in [2.05, 4.69) is 49.5 Å². The van der Waals surface area contributed by atoms with E-state index in [9.17, 15) is 13.2 Å². The number of nitrogens with zero attached hydrogens (tertiary/aromatic N) is 5. The van der Waals surface area contributed by atoms with Crippen molar-refractivity contribution < 1.29 is 13.2 Å². The normalized spacial score (nSPS) is 15.2. The number of rotatable bonds is 5. The lowest BCUT2D eigenvalue weighted by atomic mass is 10.1. The van der Waals surface area contributed by atoms with Crippen molar-refractivity contribution in [3.05, 3.63) is 71.2 Å². The highest BCUT2D eigenvalue weighted by Crippen LogP contribution is 2.30. The molecular formula is C26H26F3N7. The van der Waals surface area contributed by atoms with Gasteiger partial charge >= 0.3 is 6.18 Å². The molecule has 36 heavy (non-hydrogen) atoms. The third-order valence-corrected chi connectivity index (χ3v) is 6.18. The highest BCUT2D eigenvalue weighted by molar-refractivity contribution is 5.93. The number of fused-ring (bicyclic) bond motifs is 1. The van der Waals surface area contributed by atoms with Crippen LogP contribution in [0.1, 0.15) is 22.6 Å². The fourth-order valence-electron chi connectivity index (χ4n) is 4.12. The van der Waals surface area contributed by atoms with Gasteiger partial charge in [-0.2, -0.15) is 18.3 Å². The molecule has 2 aromatic carbocycles. The summed E-state index contributed by atoms with van der Waals surface area (Å²) in [5.41, 5.74) is 2.71. The van der Waals surface area contributed by atoms with E-state index in [1.165, 1.54) is 12.1 Å². The Morgan fingerprint density at radius 1 is 0.944 bits per heavy atom. The Morgan fingerprint density at radius 3 is 2.36 bits per heavy atom. The smallest absolute Gasteiger partial charge is 0.369 e. The average molecular weight is 494 g/mol. The molecule has 0 unspecified atom stereocenters. The van der Waals surface area contributed by atoms with Gasteiger partial charge in [-0.25, -0.2) is 9.97 Å². The Bertz CT molecular complexity index is 1390. The van der Waals surface area contributed by atoms with Crippen LogP contribution in [0.15, 0.2) is 48.5 Å². The van der Waals surface area contributed by atoms with Crippen molar-refractivity contribution in [3.63, 3.8) is 0 Å². The number of likely N-dealkylation sites (N-methyl/N-ethyl adjacent to an activating group) is 1. The van der Waals surface area contributed by atoms with Gasteiger partial charge in [0.1, 0.15) is 5.82 Å². The molecule has 0 atom stereocenters. The second-order valence-electron chi connectivity index (χ2n) is 8.94. The molecule has 1 aliphatic rings. The molecule has 1 saturated heterocycles. The number of H-pyrrole nitrogens is 1. The van der Waals surface area contributed by atoms with E-state index in [0.29, 0.717) is 23.0 Å². The molecule has 2 N–H and O–H groups in total. The van der Waals surface area contributed by atoms with Crippen molar-refractivity contribution in [2.75, 3.05) is 43.4 Å². The van der Waals surface area contributed by atoms with E-state index in [-0.39, 0.29) is 0 Å². The second kappa shape index (κ2) is 9.62. The van der Waals surface area contributed by atoms with Crippen LogP contribution in [0.5, 0.6) is 0 Å². The van der Waals surface area contributed by atoms with Crippen molar-refractivity contribution in [2.45, 2.75) is 13.1 Å². The van der Waals surface area contributed by atoms with Crippen LogP contribution in [0.25, 0.3) is 23.1 Å². The fourth-order valence-corrected chi connectivity index (χ4v) is 4.12. The van der Waals surface area contributed by atoms with Crippen molar-refractivity contribution in [2.24, 2.45) is 0 Å². The third kappa shape index (κ3) is 5.33. The summed E-state index contributed by atoms with van der Waals surface area (Å²) < 4.78 is 38.6. The molecule has 1 aliphatic heterocycles. The molecule has 2 aromatic heterocycles. The number of hydrogen-bond acceptors (Lipinski definition) is 6. The van der Waals surface area contributed by atoms with Crippen LogP contribution >= 0.6 is 0 Å². The summed E-state index contributed by atoms with van der Waals surface area (Å²) in [6, 6.07) is 13.0. The summed E-state index contributed by atoms with van der Waals surface area (Å²) in [6.45, 7) is 5.77. The number of halogens is 3. The van der Waals surface area contributed by atoms with Crippen LogP contribution in [0.2, 0.25) is 0 Å². The van der Waals surface area contributed by atoms with Crippen LogP contribution in [0, 0.1) is 6.92 Å². The predicted molar refractivity (Wildman–Crippen MR) is 136 cm³/mol. The number of aromatic amines is 1. The first-order valence-electron chi connectivity index (χ1n) is 11.6. The second-order valence-corrected chi connectivity index (χ2v) is 8.94. The van der Waals surface area contributed by atoms with Gasteiger partial charge in [0.25, 0.3) is 0 Å². The molecule has 4 aromatic rings. The topological polar surface area (TPSA) is 73.0 Å². The SMILES string of the molecule is Cc1cc(Nc2nc(/C=C/c3ccc(C(F)(F)F)cc3)nc3cc(N4CCN(C)CC4)ccc23)n[nH]1. The Morgan fingerprint density at radius 2 is 1.69 bits per heavy atom. The van der Waals surface area contributed by atoms with E-state index >= 15 is 0 Å². The van der Waals surface area contributed by atoms with Crippen molar-refractivity contribution in [1.29, 1.82) is 0 Å². The van der Waals surface area contributed by atoms with E-state index in [1.807, 2.05) is 19.1 Å². The van der Waals surface area contributed by atoms with Gasteiger partial charge in [-0.1, -0.05) is 18.2 Å². The molecule has 0 saturated carbocycles. The standard InChI is InChI=1S/C26H26F3N7/c1-17-15-24(34-33-17)32-25-21-9-8-20(36-13-11-35(2)12-14-36)16-22(21)30-23(31-25)10-5-18-3-6-19(7-4-18)26(27,28)29/h3-10,15-16H,11-14H2,1-2H3,(H2,30,31,32,33,34)/b10-5+. The maximum atomic E-state index is 12.9. The number of anilines is 3. The van der Waals surface area contributed by atoms with Gasteiger partial charge in [-0.05, 0) is 55.9 Å². The molecule has 3 heterocycles. The number of aryl methyl sites for hydroxylation is 1. The Balaban J connectivity index is 1.49. The summed E-state index contributed by atoms with van der Waals surface area (Å²) in [7, 11) is 2.12. The van der Waals surface area contributed by atoms with E-state index < -0.39 is 11.7 Å². The van der Waals surface area contributed by atoms with Crippen LogP contribution < -0.4 is 10.2 Å². The molecule has 5 rings (SSSR count). The first-order valence-corrected chi connectivity index (χ1v) is 11.6. The highest BCUT2D eigenvalue weighted by atomic mass is 19.4. The summed E-state index contributed by atoms with van der Waals surface area (Å²) in [5, 5.41) is 11.3. The molecule has 1 fully saturated rings. The maximum absolute atomic E-state index is 12.9. The fraction of sp³-hybridized carbons (Fsp3) is 0.269. The van der Waals surface area contributed by atoms with Gasteiger partial charge in [0, 0.05) is 49.0 Å². The number of benzene rings is 2. The molecule has 0 aliphatic carbocycles.